The zero-order valence-corrected chi connectivity index (χ0v) is 24.4. The molecule has 4 rings (SSSR count). The highest BCUT2D eigenvalue weighted by molar-refractivity contribution is 5.97. The normalized spacial score (nSPS) is 13.8. The third-order valence-electron chi connectivity index (χ3n) is 7.30. The van der Waals surface area contributed by atoms with Crippen LogP contribution in [0.5, 0.6) is 5.75 Å². The number of phenolic OH excluding ortho intramolecular Hbond substituents is 1. The van der Waals surface area contributed by atoms with Gasteiger partial charge in [-0.3, -0.25) is 9.59 Å². The SMILES string of the molecule is CCc1nc2c(cnn2CC)c(NC2CCN(C(N)=O)CC2)c1CNC(=O)c1ccc(C(C)(C)C)cc1O.O=CO. The molecule has 1 aromatic carbocycles. The van der Waals surface area contributed by atoms with E-state index in [1.54, 1.807) is 17.0 Å². The predicted molar refractivity (Wildman–Crippen MR) is 157 cm³/mol. The van der Waals surface area contributed by atoms with Crippen LogP contribution in [0.15, 0.2) is 24.4 Å². The fourth-order valence-corrected chi connectivity index (χ4v) is 4.96. The highest BCUT2D eigenvalue weighted by atomic mass is 16.3. The van der Waals surface area contributed by atoms with E-state index in [4.69, 9.17) is 20.6 Å². The monoisotopic (exact) mass is 567 g/mol. The summed E-state index contributed by atoms with van der Waals surface area (Å²) in [6.07, 6.45) is 4.01. The highest BCUT2D eigenvalue weighted by Gasteiger charge is 2.25. The van der Waals surface area contributed by atoms with Gasteiger partial charge in [-0.1, -0.05) is 33.8 Å². The number of nitrogens with one attached hydrogen (secondary N) is 2. The van der Waals surface area contributed by atoms with Crippen LogP contribution in [0.3, 0.4) is 0 Å². The second kappa shape index (κ2) is 13.3. The molecular formula is C29H41N7O5. The fourth-order valence-electron chi connectivity index (χ4n) is 4.96. The molecule has 1 aliphatic heterocycles. The molecule has 0 aliphatic carbocycles. The van der Waals surface area contributed by atoms with Gasteiger partial charge >= 0.3 is 6.03 Å². The van der Waals surface area contributed by atoms with Gasteiger partial charge in [-0.2, -0.15) is 5.10 Å². The molecule has 0 radical (unpaired) electrons. The van der Waals surface area contributed by atoms with Crippen molar-refractivity contribution in [2.45, 2.75) is 78.4 Å². The number of likely N-dealkylation sites (tertiary alicyclic amines) is 1. The number of primary amides is 1. The first-order valence-corrected chi connectivity index (χ1v) is 13.8. The van der Waals surface area contributed by atoms with Gasteiger partial charge in [0.1, 0.15) is 5.75 Å². The van der Waals surface area contributed by atoms with E-state index in [0.29, 0.717) is 26.1 Å². The Morgan fingerprint density at radius 2 is 1.85 bits per heavy atom. The van der Waals surface area contributed by atoms with Gasteiger partial charge in [0.25, 0.3) is 12.4 Å². The summed E-state index contributed by atoms with van der Waals surface area (Å²) in [5, 5.41) is 29.6. The van der Waals surface area contributed by atoms with Gasteiger partial charge in [0.15, 0.2) is 5.65 Å². The number of carboxylic acid groups (broad SMARTS) is 1. The smallest absolute Gasteiger partial charge is 0.314 e. The molecule has 3 amide bonds. The molecule has 222 valence electrons. The van der Waals surface area contributed by atoms with E-state index >= 15 is 0 Å². The van der Waals surface area contributed by atoms with Crippen molar-refractivity contribution in [2.75, 3.05) is 18.4 Å². The van der Waals surface area contributed by atoms with Gasteiger partial charge in [0.05, 0.1) is 22.8 Å². The molecule has 0 atom stereocenters. The van der Waals surface area contributed by atoms with E-state index in [2.05, 4.69) is 36.5 Å². The van der Waals surface area contributed by atoms with E-state index in [-0.39, 0.29) is 41.7 Å². The second-order valence-corrected chi connectivity index (χ2v) is 11.0. The Kier molecular flexibility index (Phi) is 10.1. The largest absolute Gasteiger partial charge is 0.507 e. The number of hydrogen-bond acceptors (Lipinski definition) is 7. The molecule has 12 nitrogen and oxygen atoms in total. The number of hydrogen-bond donors (Lipinski definition) is 5. The first kappa shape index (κ1) is 31.2. The number of aryl methyl sites for hydroxylation is 2. The highest BCUT2D eigenvalue weighted by Crippen LogP contribution is 2.32. The molecule has 41 heavy (non-hydrogen) atoms. The molecule has 6 N–H and O–H groups in total. The van der Waals surface area contributed by atoms with Gasteiger partial charge in [-0.25, -0.2) is 14.5 Å². The maximum Gasteiger partial charge on any atom is 0.314 e. The average Bonchev–Trinajstić information content (AvgIpc) is 3.35. The number of carbonyl (C=O) groups is 3. The van der Waals surface area contributed by atoms with E-state index in [9.17, 15) is 14.7 Å². The van der Waals surface area contributed by atoms with Gasteiger partial charge in [0.2, 0.25) is 0 Å². The maximum absolute atomic E-state index is 13.1. The standard InChI is InChI=1S/C28H39N7O3.CH2O2/c1-6-22-20(15-30-26(37)19-9-8-17(14-23(19)36)28(3,4)5)24(21-16-31-35(7-2)25(21)33-22)32-18-10-12-34(13-11-18)27(29)38;2-1-3/h8-9,14,16,18,36H,6-7,10-13,15H2,1-5H3,(H2,29,38)(H,30,37)(H,32,33);1H,(H,2,3). The Balaban J connectivity index is 0.00000147. The number of nitrogens with zero attached hydrogens (tertiary/aromatic N) is 4. The summed E-state index contributed by atoms with van der Waals surface area (Å²) in [4.78, 5) is 39.6. The lowest BCUT2D eigenvalue weighted by Gasteiger charge is -2.32. The van der Waals surface area contributed by atoms with Crippen LogP contribution >= 0.6 is 0 Å². The van der Waals surface area contributed by atoms with E-state index in [0.717, 1.165) is 46.4 Å². The number of pyridine rings is 1. The predicted octanol–water partition coefficient (Wildman–Crippen LogP) is 3.60. The Hall–Kier alpha value is -4.35. The molecule has 2 aromatic heterocycles. The van der Waals surface area contributed by atoms with Gasteiger partial charge in [0, 0.05) is 43.5 Å². The lowest BCUT2D eigenvalue weighted by Crippen LogP contribution is -2.44. The third kappa shape index (κ3) is 7.24. The summed E-state index contributed by atoms with van der Waals surface area (Å²) in [6.45, 7) is 12.1. The molecule has 3 heterocycles. The topological polar surface area (TPSA) is 176 Å². The molecule has 1 fully saturated rings. The van der Waals surface area contributed by atoms with Crippen LogP contribution < -0.4 is 16.4 Å². The summed E-state index contributed by atoms with van der Waals surface area (Å²) in [5.74, 6) is -0.391. The summed E-state index contributed by atoms with van der Waals surface area (Å²) in [7, 11) is 0. The number of nitrogens with two attached hydrogens (primary N) is 1. The molecule has 0 bridgehead atoms. The molecule has 0 unspecified atom stereocenters. The zero-order valence-electron chi connectivity index (χ0n) is 24.4. The molecule has 0 saturated carbocycles. The zero-order chi connectivity index (χ0) is 30.3. The van der Waals surface area contributed by atoms with Crippen molar-refractivity contribution in [3.05, 3.63) is 46.8 Å². The number of piperidine rings is 1. The third-order valence-corrected chi connectivity index (χ3v) is 7.30. The van der Waals surface area contributed by atoms with E-state index in [1.165, 1.54) is 0 Å². The number of aromatic hydroxyl groups is 1. The summed E-state index contributed by atoms with van der Waals surface area (Å²) in [6, 6.07) is 4.95. The van der Waals surface area contributed by atoms with Crippen molar-refractivity contribution in [2.24, 2.45) is 5.73 Å². The van der Waals surface area contributed by atoms with Crippen LogP contribution in [0.4, 0.5) is 10.5 Å². The van der Waals surface area contributed by atoms with Crippen LogP contribution in [0, 0.1) is 0 Å². The number of phenols is 1. The van der Waals surface area contributed by atoms with Crippen molar-refractivity contribution in [3.8, 4) is 5.75 Å². The lowest BCUT2D eigenvalue weighted by molar-refractivity contribution is -0.122. The minimum Gasteiger partial charge on any atom is -0.507 e. The van der Waals surface area contributed by atoms with Crippen LogP contribution in [0.25, 0.3) is 11.0 Å². The number of carbonyl (C=O) groups excluding carboxylic acids is 2. The molecular weight excluding hydrogens is 526 g/mol. The number of amides is 3. The molecule has 12 heteroatoms. The maximum atomic E-state index is 13.1. The van der Waals surface area contributed by atoms with Crippen LogP contribution in [-0.4, -0.2) is 67.4 Å². The minimum atomic E-state index is -0.394. The van der Waals surface area contributed by atoms with E-state index < -0.39 is 6.03 Å². The molecule has 1 saturated heterocycles. The number of anilines is 1. The Morgan fingerprint density at radius 3 is 2.39 bits per heavy atom. The van der Waals surface area contributed by atoms with Crippen LogP contribution in [-0.2, 0) is 29.7 Å². The fraction of sp³-hybridized carbons (Fsp3) is 0.483. The Labute approximate surface area is 239 Å². The number of benzene rings is 1. The summed E-state index contributed by atoms with van der Waals surface area (Å²) in [5.41, 5.74) is 9.98. The van der Waals surface area contributed by atoms with Crippen molar-refractivity contribution >= 4 is 35.1 Å². The van der Waals surface area contributed by atoms with Crippen molar-refractivity contribution in [1.82, 2.24) is 25.0 Å². The second-order valence-electron chi connectivity index (χ2n) is 11.0. The summed E-state index contributed by atoms with van der Waals surface area (Å²) >= 11 is 0. The van der Waals surface area contributed by atoms with Gasteiger partial charge in [-0.05, 0) is 49.3 Å². The van der Waals surface area contributed by atoms with Gasteiger partial charge < -0.3 is 31.5 Å². The quantitative estimate of drug-likeness (QED) is 0.269. The van der Waals surface area contributed by atoms with Crippen LogP contribution in [0.2, 0.25) is 0 Å². The van der Waals surface area contributed by atoms with Crippen molar-refractivity contribution in [1.29, 1.82) is 0 Å². The Morgan fingerprint density at radius 1 is 1.20 bits per heavy atom. The number of urea groups is 1. The lowest BCUT2D eigenvalue weighted by atomic mass is 9.86. The van der Waals surface area contributed by atoms with Gasteiger partial charge in [-0.15, -0.1) is 0 Å². The van der Waals surface area contributed by atoms with Crippen molar-refractivity contribution in [3.63, 3.8) is 0 Å². The molecule has 0 spiro atoms. The van der Waals surface area contributed by atoms with E-state index in [1.807, 2.05) is 30.8 Å². The average molecular weight is 568 g/mol. The first-order chi connectivity index (χ1) is 19.4. The summed E-state index contributed by atoms with van der Waals surface area (Å²) < 4.78 is 1.87. The van der Waals surface area contributed by atoms with Crippen LogP contribution in [0.1, 0.15) is 74.6 Å². The van der Waals surface area contributed by atoms with Crippen molar-refractivity contribution < 1.29 is 24.6 Å². The Bertz CT molecular complexity index is 1390. The number of fused-ring (bicyclic) bond motifs is 1. The number of rotatable bonds is 7. The first-order valence-electron chi connectivity index (χ1n) is 13.8. The molecule has 1 aliphatic rings. The minimum absolute atomic E-state index is 0.0389. The molecule has 3 aromatic rings. The number of aromatic nitrogens is 3.